The third-order valence-electron chi connectivity index (χ3n) is 4.37. The molecule has 3 rings (SSSR count). The highest BCUT2D eigenvalue weighted by molar-refractivity contribution is 5.74. The number of carbonyl (C=O) groups is 1. The molecular weight excluding hydrogens is 304 g/mol. The number of nitrogens with zero attached hydrogens (tertiary/aromatic N) is 3. The number of rotatable bonds is 5. The fourth-order valence-corrected chi connectivity index (χ4v) is 3.01. The van der Waals surface area contributed by atoms with Gasteiger partial charge in [0.2, 0.25) is 0 Å². The fraction of sp³-hybridized carbons (Fsp3) is 0.444. The van der Waals surface area contributed by atoms with Gasteiger partial charge in [-0.25, -0.2) is 9.78 Å². The summed E-state index contributed by atoms with van der Waals surface area (Å²) in [6.07, 6.45) is 5.84. The highest BCUT2D eigenvalue weighted by atomic mass is 16.3. The predicted molar refractivity (Wildman–Crippen MR) is 91.4 cm³/mol. The number of urea groups is 1. The molecule has 0 aliphatic carbocycles. The highest BCUT2D eigenvalue weighted by Gasteiger charge is 2.21. The van der Waals surface area contributed by atoms with Crippen molar-refractivity contribution in [3.63, 3.8) is 0 Å². The predicted octanol–water partition coefficient (Wildman–Crippen LogP) is 1.79. The Hall–Kier alpha value is -2.34. The molecule has 1 aliphatic rings. The molecule has 1 fully saturated rings. The largest absolute Gasteiger partial charge is 0.391 e. The molecule has 0 unspecified atom stereocenters. The van der Waals surface area contributed by atoms with Crippen molar-refractivity contribution in [3.05, 3.63) is 54.1 Å². The van der Waals surface area contributed by atoms with Crippen molar-refractivity contribution in [2.45, 2.75) is 38.5 Å². The van der Waals surface area contributed by atoms with Gasteiger partial charge in [0.05, 0.1) is 12.6 Å². The Labute approximate surface area is 142 Å². The summed E-state index contributed by atoms with van der Waals surface area (Å²) in [7, 11) is 0. The van der Waals surface area contributed by atoms with Crippen LogP contribution >= 0.6 is 0 Å². The van der Waals surface area contributed by atoms with Crippen molar-refractivity contribution in [3.8, 4) is 0 Å². The zero-order chi connectivity index (χ0) is 16.8. The van der Waals surface area contributed by atoms with Crippen molar-refractivity contribution in [1.29, 1.82) is 0 Å². The summed E-state index contributed by atoms with van der Waals surface area (Å²) in [5.74, 6) is 0.844. The Bertz CT molecular complexity index is 656. The number of hydrogen-bond donors (Lipinski definition) is 2. The Balaban J connectivity index is 1.51. The number of likely N-dealkylation sites (tertiary alicyclic amines) is 1. The second-order valence-corrected chi connectivity index (χ2v) is 6.17. The van der Waals surface area contributed by atoms with Gasteiger partial charge in [0.1, 0.15) is 5.82 Å². The summed E-state index contributed by atoms with van der Waals surface area (Å²) in [5.41, 5.74) is 1.28. The first-order chi connectivity index (χ1) is 11.7. The molecule has 0 spiro atoms. The monoisotopic (exact) mass is 328 g/mol. The van der Waals surface area contributed by atoms with Gasteiger partial charge >= 0.3 is 6.03 Å². The number of β-amino-alcohol motifs (C(OH)–C–C–N with tert-alkyl or cyclic N) is 1. The lowest BCUT2D eigenvalue weighted by Crippen LogP contribution is -2.47. The summed E-state index contributed by atoms with van der Waals surface area (Å²) in [6, 6.07) is 10.2. The first-order valence-corrected chi connectivity index (χ1v) is 8.47. The molecule has 6 nitrogen and oxygen atoms in total. The molecule has 0 saturated carbocycles. The number of nitrogens with one attached hydrogen (secondary N) is 1. The van der Waals surface area contributed by atoms with Crippen LogP contribution in [0.15, 0.2) is 42.7 Å². The van der Waals surface area contributed by atoms with Crippen LogP contribution in [-0.2, 0) is 19.5 Å². The van der Waals surface area contributed by atoms with Gasteiger partial charge in [-0.3, -0.25) is 0 Å². The number of aryl methyl sites for hydroxylation is 2. The maximum atomic E-state index is 12.2. The number of amides is 2. The van der Waals surface area contributed by atoms with Crippen LogP contribution in [0.2, 0.25) is 0 Å². The molecule has 1 aromatic carbocycles. The average molecular weight is 328 g/mol. The van der Waals surface area contributed by atoms with Crippen LogP contribution in [-0.4, -0.2) is 44.8 Å². The molecule has 2 heterocycles. The van der Waals surface area contributed by atoms with Crippen LogP contribution in [0.5, 0.6) is 0 Å². The van der Waals surface area contributed by atoms with E-state index in [2.05, 4.69) is 27.0 Å². The fourth-order valence-electron chi connectivity index (χ4n) is 3.01. The zero-order valence-electron chi connectivity index (χ0n) is 13.8. The molecule has 0 radical (unpaired) electrons. The maximum Gasteiger partial charge on any atom is 0.317 e. The Morgan fingerprint density at radius 2 is 2.17 bits per heavy atom. The number of hydrogen-bond acceptors (Lipinski definition) is 3. The van der Waals surface area contributed by atoms with Crippen molar-refractivity contribution in [2.75, 3.05) is 13.1 Å². The SMILES string of the molecule is O=C(NCc1nccn1CCc1ccccc1)N1CCC[C@H](O)C1. The summed E-state index contributed by atoms with van der Waals surface area (Å²) in [5, 5.41) is 12.6. The van der Waals surface area contributed by atoms with Gasteiger partial charge in [0.25, 0.3) is 0 Å². The summed E-state index contributed by atoms with van der Waals surface area (Å²) < 4.78 is 2.07. The zero-order valence-corrected chi connectivity index (χ0v) is 13.8. The van der Waals surface area contributed by atoms with Gasteiger partial charge in [-0.15, -0.1) is 0 Å². The minimum atomic E-state index is -0.405. The van der Waals surface area contributed by atoms with Gasteiger partial charge < -0.3 is 19.9 Å². The molecule has 2 aromatic rings. The van der Waals surface area contributed by atoms with E-state index in [4.69, 9.17) is 0 Å². The van der Waals surface area contributed by atoms with E-state index in [1.54, 1.807) is 11.1 Å². The molecule has 0 bridgehead atoms. The van der Waals surface area contributed by atoms with E-state index in [0.717, 1.165) is 31.6 Å². The molecule has 1 saturated heterocycles. The smallest absolute Gasteiger partial charge is 0.317 e. The number of aromatic nitrogens is 2. The van der Waals surface area contributed by atoms with Gasteiger partial charge in [-0.1, -0.05) is 30.3 Å². The number of piperidine rings is 1. The van der Waals surface area contributed by atoms with E-state index in [1.807, 2.05) is 24.4 Å². The minimum absolute atomic E-state index is 0.133. The molecule has 1 atom stereocenters. The quantitative estimate of drug-likeness (QED) is 0.879. The normalized spacial score (nSPS) is 17.7. The molecule has 1 aromatic heterocycles. The van der Waals surface area contributed by atoms with Crippen LogP contribution in [0.4, 0.5) is 4.79 Å². The van der Waals surface area contributed by atoms with Gasteiger partial charge in [-0.05, 0) is 24.8 Å². The molecule has 2 N–H and O–H groups in total. The van der Waals surface area contributed by atoms with Crippen molar-refractivity contribution in [1.82, 2.24) is 19.8 Å². The van der Waals surface area contributed by atoms with Crippen LogP contribution in [0.25, 0.3) is 0 Å². The lowest BCUT2D eigenvalue weighted by atomic mass is 10.1. The number of imidazole rings is 1. The van der Waals surface area contributed by atoms with Crippen LogP contribution in [0, 0.1) is 0 Å². The summed E-state index contributed by atoms with van der Waals surface area (Å²) in [4.78, 5) is 18.2. The number of aliphatic hydroxyl groups excluding tert-OH is 1. The molecule has 128 valence electrons. The van der Waals surface area contributed by atoms with Crippen molar-refractivity contribution >= 4 is 6.03 Å². The minimum Gasteiger partial charge on any atom is -0.391 e. The third-order valence-corrected chi connectivity index (χ3v) is 4.37. The van der Waals surface area contributed by atoms with E-state index < -0.39 is 6.10 Å². The molecule has 24 heavy (non-hydrogen) atoms. The van der Waals surface area contributed by atoms with Gasteiger partial charge in [0, 0.05) is 32.0 Å². The highest BCUT2D eigenvalue weighted by Crippen LogP contribution is 2.10. The first-order valence-electron chi connectivity index (χ1n) is 8.47. The Morgan fingerprint density at radius 3 is 2.96 bits per heavy atom. The average Bonchev–Trinajstić information content (AvgIpc) is 3.06. The summed E-state index contributed by atoms with van der Waals surface area (Å²) >= 11 is 0. The molecule has 1 aliphatic heterocycles. The van der Waals surface area contributed by atoms with E-state index in [0.29, 0.717) is 19.6 Å². The number of carbonyl (C=O) groups excluding carboxylic acids is 1. The van der Waals surface area contributed by atoms with Gasteiger partial charge in [0.15, 0.2) is 0 Å². The molecular formula is C18H24N4O2. The summed E-state index contributed by atoms with van der Waals surface area (Å²) in [6.45, 7) is 2.34. The van der Waals surface area contributed by atoms with E-state index in [1.165, 1.54) is 5.56 Å². The molecule has 2 amide bonds. The number of benzene rings is 1. The maximum absolute atomic E-state index is 12.2. The van der Waals surface area contributed by atoms with E-state index in [9.17, 15) is 9.90 Å². The van der Waals surface area contributed by atoms with E-state index >= 15 is 0 Å². The lowest BCUT2D eigenvalue weighted by Gasteiger charge is -2.30. The second-order valence-electron chi connectivity index (χ2n) is 6.17. The second kappa shape index (κ2) is 7.97. The van der Waals surface area contributed by atoms with Crippen LogP contribution < -0.4 is 5.32 Å². The Kier molecular flexibility index (Phi) is 5.48. The topological polar surface area (TPSA) is 70.4 Å². The number of aliphatic hydroxyl groups is 1. The van der Waals surface area contributed by atoms with Gasteiger partial charge in [-0.2, -0.15) is 0 Å². The van der Waals surface area contributed by atoms with Crippen LogP contribution in [0.3, 0.4) is 0 Å². The lowest BCUT2D eigenvalue weighted by molar-refractivity contribution is 0.0841. The van der Waals surface area contributed by atoms with Crippen molar-refractivity contribution in [2.24, 2.45) is 0 Å². The molecule has 6 heteroatoms. The van der Waals surface area contributed by atoms with Crippen molar-refractivity contribution < 1.29 is 9.90 Å². The standard InChI is InChI=1S/C18H24N4O2/c23-16-7-4-10-22(14-16)18(24)20-13-17-19-9-12-21(17)11-8-15-5-2-1-3-6-15/h1-3,5-6,9,12,16,23H,4,7-8,10-11,13-14H2,(H,20,24)/t16-/m0/s1. The van der Waals surface area contributed by atoms with Crippen LogP contribution in [0.1, 0.15) is 24.2 Å². The van der Waals surface area contributed by atoms with E-state index in [-0.39, 0.29) is 6.03 Å². The first kappa shape index (κ1) is 16.5. The Morgan fingerprint density at radius 1 is 1.33 bits per heavy atom. The third kappa shape index (κ3) is 4.35.